The molecule has 0 bridgehead atoms. The van der Waals surface area contributed by atoms with Gasteiger partial charge in [-0.1, -0.05) is 30.3 Å². The van der Waals surface area contributed by atoms with E-state index in [9.17, 15) is 4.79 Å². The molecule has 0 fully saturated rings. The summed E-state index contributed by atoms with van der Waals surface area (Å²) in [5.41, 5.74) is 1.11. The Bertz CT molecular complexity index is 306. The van der Waals surface area contributed by atoms with E-state index >= 15 is 0 Å². The molecule has 0 aliphatic rings. The van der Waals surface area contributed by atoms with Crippen molar-refractivity contribution in [2.75, 3.05) is 7.05 Å². The molecule has 0 atom stereocenters. The third kappa shape index (κ3) is 3.85. The Kier molecular flexibility index (Phi) is 4.41. The number of carbonyl (C=O) groups is 1. The summed E-state index contributed by atoms with van der Waals surface area (Å²) in [6.45, 7) is 0.581. The number of nitrogens with one attached hydrogen (secondary N) is 1. The minimum atomic E-state index is -0.000506. The zero-order valence-electron chi connectivity index (χ0n) is 8.23. The Morgan fingerprint density at radius 2 is 2.14 bits per heavy atom. The maximum absolute atomic E-state index is 11.2. The molecule has 0 saturated heterocycles. The van der Waals surface area contributed by atoms with Crippen molar-refractivity contribution in [2.24, 2.45) is 4.99 Å². The number of carbonyl (C=O) groups excluding carboxylic acids is 1. The second-order valence-corrected chi connectivity index (χ2v) is 2.91. The van der Waals surface area contributed by atoms with Crippen molar-refractivity contribution in [1.29, 1.82) is 0 Å². The molecule has 0 aliphatic carbocycles. The van der Waals surface area contributed by atoms with Crippen LogP contribution in [-0.4, -0.2) is 19.2 Å². The number of rotatable bonds is 4. The molecule has 1 amide bonds. The Labute approximate surface area is 83.9 Å². The van der Waals surface area contributed by atoms with Crippen LogP contribution in [0.2, 0.25) is 0 Å². The predicted octanol–water partition coefficient (Wildman–Crippen LogP) is 1.39. The number of nitrogens with zero attached hydrogens (tertiary/aromatic N) is 1. The molecule has 14 heavy (non-hydrogen) atoms. The molecule has 0 spiro atoms. The second kappa shape index (κ2) is 5.91. The molecular weight excluding hydrogens is 176 g/mol. The lowest BCUT2D eigenvalue weighted by Gasteiger charge is -2.02. The molecule has 0 aromatic heterocycles. The summed E-state index contributed by atoms with van der Waals surface area (Å²) in [6, 6.07) is 9.82. The van der Waals surface area contributed by atoms with E-state index in [2.05, 4.69) is 10.3 Å². The molecule has 0 aliphatic heterocycles. The van der Waals surface area contributed by atoms with E-state index in [0.29, 0.717) is 13.0 Å². The van der Waals surface area contributed by atoms with Crippen molar-refractivity contribution < 1.29 is 4.79 Å². The van der Waals surface area contributed by atoms with E-state index in [-0.39, 0.29) is 5.91 Å². The van der Waals surface area contributed by atoms with Crippen molar-refractivity contribution in [2.45, 2.75) is 13.0 Å². The first-order valence-corrected chi connectivity index (χ1v) is 4.54. The van der Waals surface area contributed by atoms with E-state index in [1.807, 2.05) is 30.3 Å². The average Bonchev–Trinajstić information content (AvgIpc) is 2.25. The summed E-state index contributed by atoms with van der Waals surface area (Å²) in [5, 5.41) is 2.80. The highest BCUT2D eigenvalue weighted by atomic mass is 16.1. The Balaban J connectivity index is 2.31. The van der Waals surface area contributed by atoms with Crippen molar-refractivity contribution in [3.8, 4) is 0 Å². The Morgan fingerprint density at radius 3 is 2.79 bits per heavy atom. The van der Waals surface area contributed by atoms with Crippen LogP contribution in [0.1, 0.15) is 12.0 Å². The maximum Gasteiger partial charge on any atom is 0.225 e. The lowest BCUT2D eigenvalue weighted by Crippen LogP contribution is -2.22. The van der Waals surface area contributed by atoms with Gasteiger partial charge in [0.15, 0.2) is 0 Å². The molecule has 1 N–H and O–H groups in total. The highest BCUT2D eigenvalue weighted by Gasteiger charge is 1.97. The zero-order chi connectivity index (χ0) is 10.2. The van der Waals surface area contributed by atoms with Crippen LogP contribution in [0.5, 0.6) is 0 Å². The van der Waals surface area contributed by atoms with Gasteiger partial charge in [-0.2, -0.15) is 0 Å². The smallest absolute Gasteiger partial charge is 0.225 e. The summed E-state index contributed by atoms with van der Waals surface area (Å²) >= 11 is 0. The average molecular weight is 190 g/mol. The van der Waals surface area contributed by atoms with Gasteiger partial charge in [0.1, 0.15) is 0 Å². The fourth-order valence-corrected chi connectivity index (χ4v) is 1.04. The van der Waals surface area contributed by atoms with Gasteiger partial charge in [-0.15, -0.1) is 0 Å². The summed E-state index contributed by atoms with van der Waals surface area (Å²) in [6.07, 6.45) is 1.95. The highest BCUT2D eigenvalue weighted by molar-refractivity contribution is 5.89. The van der Waals surface area contributed by atoms with Gasteiger partial charge in [0, 0.05) is 19.8 Å². The van der Waals surface area contributed by atoms with Crippen molar-refractivity contribution >= 4 is 12.1 Å². The lowest BCUT2D eigenvalue weighted by molar-refractivity contribution is -0.120. The summed E-state index contributed by atoms with van der Waals surface area (Å²) in [5.74, 6) is -0.000506. The molecule has 0 unspecified atom stereocenters. The van der Waals surface area contributed by atoms with Gasteiger partial charge in [-0.05, 0) is 5.56 Å². The van der Waals surface area contributed by atoms with Crippen LogP contribution < -0.4 is 5.32 Å². The topological polar surface area (TPSA) is 41.5 Å². The molecule has 3 nitrogen and oxygen atoms in total. The molecule has 74 valence electrons. The van der Waals surface area contributed by atoms with Gasteiger partial charge in [0.05, 0.1) is 6.42 Å². The fourth-order valence-electron chi connectivity index (χ4n) is 1.04. The molecule has 0 saturated carbocycles. The SMILES string of the molecule is CN=CCC(=O)NCc1ccccc1. The first kappa shape index (κ1) is 10.4. The molecule has 1 aromatic rings. The van der Waals surface area contributed by atoms with Crippen LogP contribution >= 0.6 is 0 Å². The number of hydrogen-bond acceptors (Lipinski definition) is 2. The molecule has 0 heterocycles. The number of amides is 1. The van der Waals surface area contributed by atoms with Crippen molar-refractivity contribution in [3.05, 3.63) is 35.9 Å². The summed E-state index contributed by atoms with van der Waals surface area (Å²) < 4.78 is 0. The van der Waals surface area contributed by atoms with Gasteiger partial charge in [-0.25, -0.2) is 0 Å². The normalized spacial score (nSPS) is 10.4. The van der Waals surface area contributed by atoms with Gasteiger partial charge in [0.25, 0.3) is 0 Å². The molecule has 1 aromatic carbocycles. The standard InChI is InChI=1S/C11H14N2O/c1-12-8-7-11(14)13-9-10-5-3-2-4-6-10/h2-6,8H,7,9H2,1H3,(H,13,14). The molecule has 3 heteroatoms. The van der Waals surface area contributed by atoms with E-state index in [4.69, 9.17) is 0 Å². The quantitative estimate of drug-likeness (QED) is 0.716. The van der Waals surface area contributed by atoms with E-state index in [1.54, 1.807) is 13.3 Å². The maximum atomic E-state index is 11.2. The van der Waals surface area contributed by atoms with Crippen LogP contribution in [0.3, 0.4) is 0 Å². The van der Waals surface area contributed by atoms with Crippen molar-refractivity contribution in [1.82, 2.24) is 5.32 Å². The predicted molar refractivity (Wildman–Crippen MR) is 57.3 cm³/mol. The van der Waals surface area contributed by atoms with Crippen LogP contribution in [0, 0.1) is 0 Å². The van der Waals surface area contributed by atoms with Crippen LogP contribution in [0.4, 0.5) is 0 Å². The number of aliphatic imine (C=N–C) groups is 1. The van der Waals surface area contributed by atoms with E-state index < -0.39 is 0 Å². The van der Waals surface area contributed by atoms with Gasteiger partial charge < -0.3 is 10.3 Å². The van der Waals surface area contributed by atoms with Crippen LogP contribution in [-0.2, 0) is 11.3 Å². The van der Waals surface area contributed by atoms with E-state index in [0.717, 1.165) is 5.56 Å². The Hall–Kier alpha value is -1.64. The monoisotopic (exact) mass is 190 g/mol. The first-order valence-electron chi connectivity index (χ1n) is 4.54. The Morgan fingerprint density at radius 1 is 1.43 bits per heavy atom. The van der Waals surface area contributed by atoms with E-state index in [1.165, 1.54) is 0 Å². The van der Waals surface area contributed by atoms with Crippen LogP contribution in [0.15, 0.2) is 35.3 Å². The number of benzene rings is 1. The second-order valence-electron chi connectivity index (χ2n) is 2.91. The van der Waals surface area contributed by atoms with Gasteiger partial charge >= 0.3 is 0 Å². The molecule has 0 radical (unpaired) electrons. The summed E-state index contributed by atoms with van der Waals surface area (Å²) in [4.78, 5) is 14.9. The van der Waals surface area contributed by atoms with Crippen LogP contribution in [0.25, 0.3) is 0 Å². The largest absolute Gasteiger partial charge is 0.352 e. The lowest BCUT2D eigenvalue weighted by atomic mass is 10.2. The number of hydrogen-bond donors (Lipinski definition) is 1. The fraction of sp³-hybridized carbons (Fsp3) is 0.273. The van der Waals surface area contributed by atoms with Crippen molar-refractivity contribution in [3.63, 3.8) is 0 Å². The molecule has 1 rings (SSSR count). The molecular formula is C11H14N2O. The third-order valence-corrected chi connectivity index (χ3v) is 1.79. The van der Waals surface area contributed by atoms with Gasteiger partial charge in [0.2, 0.25) is 5.91 Å². The minimum Gasteiger partial charge on any atom is -0.352 e. The highest BCUT2D eigenvalue weighted by Crippen LogP contribution is 1.96. The van der Waals surface area contributed by atoms with Gasteiger partial charge in [-0.3, -0.25) is 4.79 Å². The summed E-state index contributed by atoms with van der Waals surface area (Å²) in [7, 11) is 1.66. The zero-order valence-corrected chi connectivity index (χ0v) is 8.23. The third-order valence-electron chi connectivity index (χ3n) is 1.79. The first-order chi connectivity index (χ1) is 6.83. The minimum absolute atomic E-state index is 0.000506.